The van der Waals surface area contributed by atoms with Gasteiger partial charge in [-0.2, -0.15) is 9.78 Å². The molecule has 9 heteroatoms. The number of halogens is 2. The monoisotopic (exact) mass is 363 g/mol. The summed E-state index contributed by atoms with van der Waals surface area (Å²) in [4.78, 5) is 15.8. The number of ether oxygens (including phenoxy) is 1. The number of rotatable bonds is 5. The van der Waals surface area contributed by atoms with Crippen molar-refractivity contribution in [1.29, 1.82) is 0 Å². The SMILES string of the molecule is C=CCOC(=O)c1csc(-n2nc(-c3ccc(F)c(F)c3)cc2O)n1. The van der Waals surface area contributed by atoms with Gasteiger partial charge in [-0.05, 0) is 18.2 Å². The molecule has 0 aliphatic carbocycles. The van der Waals surface area contributed by atoms with Crippen molar-refractivity contribution >= 4 is 17.3 Å². The van der Waals surface area contributed by atoms with Crippen molar-refractivity contribution in [2.24, 2.45) is 0 Å². The van der Waals surface area contributed by atoms with E-state index in [1.54, 1.807) is 0 Å². The number of esters is 1. The highest BCUT2D eigenvalue weighted by atomic mass is 32.1. The Labute approximate surface area is 144 Å². The lowest BCUT2D eigenvalue weighted by atomic mass is 10.1. The van der Waals surface area contributed by atoms with Gasteiger partial charge >= 0.3 is 5.97 Å². The predicted octanol–water partition coefficient (Wildman–Crippen LogP) is 3.32. The van der Waals surface area contributed by atoms with Gasteiger partial charge in [-0.15, -0.1) is 11.3 Å². The second-order valence-electron chi connectivity index (χ2n) is 4.83. The zero-order chi connectivity index (χ0) is 18.0. The molecule has 0 aliphatic rings. The molecule has 25 heavy (non-hydrogen) atoms. The number of aromatic hydroxyl groups is 1. The Balaban J connectivity index is 1.90. The molecule has 0 atom stereocenters. The standard InChI is InChI=1S/C16H11F2N3O3S/c1-2-5-24-15(23)13-8-25-16(19-13)21-14(22)7-12(20-21)9-3-4-10(17)11(18)6-9/h2-4,6-8,22H,1,5H2. The molecule has 6 nitrogen and oxygen atoms in total. The average Bonchev–Trinajstić information content (AvgIpc) is 3.22. The summed E-state index contributed by atoms with van der Waals surface area (Å²) in [6.07, 6.45) is 1.43. The second-order valence-corrected chi connectivity index (χ2v) is 5.67. The van der Waals surface area contributed by atoms with Gasteiger partial charge in [-0.1, -0.05) is 12.7 Å². The molecular formula is C16H11F2N3O3S. The topological polar surface area (TPSA) is 77.2 Å². The van der Waals surface area contributed by atoms with Gasteiger partial charge in [0, 0.05) is 17.0 Å². The lowest BCUT2D eigenvalue weighted by Crippen LogP contribution is -2.06. The lowest BCUT2D eigenvalue weighted by Gasteiger charge is -1.99. The molecule has 0 unspecified atom stereocenters. The van der Waals surface area contributed by atoms with Crippen molar-refractivity contribution in [3.8, 4) is 22.3 Å². The van der Waals surface area contributed by atoms with Crippen LogP contribution in [0.2, 0.25) is 0 Å². The summed E-state index contributed by atoms with van der Waals surface area (Å²) in [6, 6.07) is 4.56. The summed E-state index contributed by atoms with van der Waals surface area (Å²) >= 11 is 1.06. The highest BCUT2D eigenvalue weighted by molar-refractivity contribution is 7.12. The third kappa shape index (κ3) is 3.41. The van der Waals surface area contributed by atoms with Crippen LogP contribution in [0.1, 0.15) is 10.5 Å². The Morgan fingerprint density at radius 2 is 2.16 bits per heavy atom. The normalized spacial score (nSPS) is 10.6. The molecule has 0 saturated heterocycles. The largest absolute Gasteiger partial charge is 0.493 e. The van der Waals surface area contributed by atoms with Gasteiger partial charge < -0.3 is 9.84 Å². The number of thiazole rings is 1. The molecule has 0 amide bonds. The summed E-state index contributed by atoms with van der Waals surface area (Å²) in [7, 11) is 0. The van der Waals surface area contributed by atoms with Crippen LogP contribution < -0.4 is 0 Å². The summed E-state index contributed by atoms with van der Waals surface area (Å²) in [5.41, 5.74) is 0.573. The Morgan fingerprint density at radius 1 is 1.36 bits per heavy atom. The number of benzene rings is 1. The third-order valence-electron chi connectivity index (χ3n) is 3.12. The van der Waals surface area contributed by atoms with Crippen molar-refractivity contribution < 1.29 is 23.4 Å². The zero-order valence-corrected chi connectivity index (χ0v) is 13.5. The fourth-order valence-corrected chi connectivity index (χ4v) is 2.72. The van der Waals surface area contributed by atoms with E-state index < -0.39 is 17.6 Å². The molecule has 1 N–H and O–H groups in total. The summed E-state index contributed by atoms with van der Waals surface area (Å²) in [6.45, 7) is 3.50. The molecule has 3 aromatic rings. The average molecular weight is 363 g/mol. The van der Waals surface area contributed by atoms with Gasteiger partial charge in [0.05, 0.1) is 5.69 Å². The van der Waals surface area contributed by atoms with Crippen LogP contribution in [-0.4, -0.2) is 32.4 Å². The second kappa shape index (κ2) is 6.81. The van der Waals surface area contributed by atoms with Crippen molar-refractivity contribution in [3.63, 3.8) is 0 Å². The molecule has 0 fully saturated rings. The van der Waals surface area contributed by atoms with E-state index >= 15 is 0 Å². The fraction of sp³-hybridized carbons (Fsp3) is 0.0625. The van der Waals surface area contributed by atoms with Crippen LogP contribution in [-0.2, 0) is 4.74 Å². The van der Waals surface area contributed by atoms with Crippen LogP contribution in [0.4, 0.5) is 8.78 Å². The first kappa shape index (κ1) is 16.8. The fourth-order valence-electron chi connectivity index (χ4n) is 1.97. The number of hydrogen-bond donors (Lipinski definition) is 1. The molecule has 0 aliphatic heterocycles. The third-order valence-corrected chi connectivity index (χ3v) is 3.94. The number of hydrogen-bond acceptors (Lipinski definition) is 6. The summed E-state index contributed by atoms with van der Waals surface area (Å²) < 4.78 is 32.3. The maximum atomic E-state index is 13.3. The van der Waals surface area contributed by atoms with E-state index in [-0.39, 0.29) is 34.6 Å². The van der Waals surface area contributed by atoms with Gasteiger partial charge in [0.1, 0.15) is 6.61 Å². The van der Waals surface area contributed by atoms with Crippen LogP contribution in [0, 0.1) is 11.6 Å². The van der Waals surface area contributed by atoms with Crippen LogP contribution in [0.25, 0.3) is 16.4 Å². The van der Waals surface area contributed by atoms with E-state index in [1.807, 2.05) is 0 Å². The van der Waals surface area contributed by atoms with Gasteiger partial charge in [0.15, 0.2) is 17.3 Å². The first-order chi connectivity index (χ1) is 12.0. The Hall–Kier alpha value is -3.07. The maximum Gasteiger partial charge on any atom is 0.358 e. The summed E-state index contributed by atoms with van der Waals surface area (Å²) in [5, 5.41) is 15.8. The number of nitrogens with zero attached hydrogens (tertiary/aromatic N) is 3. The lowest BCUT2D eigenvalue weighted by molar-refractivity contribution is 0.0543. The molecule has 1 aromatic carbocycles. The van der Waals surface area contributed by atoms with Crippen LogP contribution in [0.3, 0.4) is 0 Å². The predicted molar refractivity (Wildman–Crippen MR) is 86.7 cm³/mol. The van der Waals surface area contributed by atoms with Gasteiger partial charge in [-0.3, -0.25) is 0 Å². The molecule has 0 saturated carbocycles. The van der Waals surface area contributed by atoms with Crippen molar-refractivity contribution in [2.75, 3.05) is 6.61 Å². The van der Waals surface area contributed by atoms with Crippen LogP contribution in [0.5, 0.6) is 5.88 Å². The summed E-state index contributed by atoms with van der Waals surface area (Å²) in [5.74, 6) is -2.89. The van der Waals surface area contributed by atoms with E-state index in [9.17, 15) is 18.7 Å². The zero-order valence-electron chi connectivity index (χ0n) is 12.6. The van der Waals surface area contributed by atoms with E-state index in [1.165, 1.54) is 23.6 Å². The minimum atomic E-state index is -1.02. The Bertz CT molecular complexity index is 952. The minimum absolute atomic E-state index is 0.0546. The van der Waals surface area contributed by atoms with Gasteiger partial charge in [0.2, 0.25) is 11.0 Å². The molecule has 0 spiro atoms. The number of carbonyl (C=O) groups excluding carboxylic acids is 1. The molecule has 2 aromatic heterocycles. The van der Waals surface area contributed by atoms with Gasteiger partial charge in [-0.25, -0.2) is 18.6 Å². The maximum absolute atomic E-state index is 13.3. The Morgan fingerprint density at radius 3 is 2.88 bits per heavy atom. The number of aromatic nitrogens is 3. The van der Waals surface area contributed by atoms with E-state index in [0.29, 0.717) is 0 Å². The highest BCUT2D eigenvalue weighted by Crippen LogP contribution is 2.27. The molecule has 0 bridgehead atoms. The van der Waals surface area contributed by atoms with Crippen LogP contribution in [0.15, 0.2) is 42.3 Å². The molecule has 128 valence electrons. The Kier molecular flexibility index (Phi) is 4.57. The molecule has 3 rings (SSSR count). The van der Waals surface area contributed by atoms with Crippen molar-refractivity contribution in [1.82, 2.24) is 14.8 Å². The highest BCUT2D eigenvalue weighted by Gasteiger charge is 2.17. The minimum Gasteiger partial charge on any atom is -0.493 e. The number of carbonyl (C=O) groups is 1. The molecule has 2 heterocycles. The van der Waals surface area contributed by atoms with Crippen molar-refractivity contribution in [2.45, 2.75) is 0 Å². The van der Waals surface area contributed by atoms with Crippen LogP contribution >= 0.6 is 11.3 Å². The van der Waals surface area contributed by atoms with E-state index in [2.05, 4.69) is 16.7 Å². The van der Waals surface area contributed by atoms with E-state index in [0.717, 1.165) is 28.2 Å². The smallest absolute Gasteiger partial charge is 0.358 e. The molecular weight excluding hydrogens is 352 g/mol. The van der Waals surface area contributed by atoms with E-state index in [4.69, 9.17) is 4.74 Å². The van der Waals surface area contributed by atoms with Gasteiger partial charge in [0.25, 0.3) is 0 Å². The molecule has 0 radical (unpaired) electrons. The first-order valence-corrected chi connectivity index (χ1v) is 7.86. The van der Waals surface area contributed by atoms with Crippen molar-refractivity contribution in [3.05, 3.63) is 59.6 Å². The first-order valence-electron chi connectivity index (χ1n) is 6.98. The quantitative estimate of drug-likeness (QED) is 0.556.